The summed E-state index contributed by atoms with van der Waals surface area (Å²) in [4.78, 5) is 35.0. The summed E-state index contributed by atoms with van der Waals surface area (Å²) >= 11 is 0. The van der Waals surface area contributed by atoms with Gasteiger partial charge in [0.25, 0.3) is 0 Å². The minimum atomic E-state index is -0.654. The molecule has 0 N–H and O–H groups in total. The van der Waals surface area contributed by atoms with E-state index in [9.17, 15) is 9.59 Å². The Kier molecular flexibility index (Phi) is 4.98. The zero-order valence-electron chi connectivity index (χ0n) is 21.0. The fraction of sp³-hybridized carbons (Fsp3) is 0.310. The SMILES string of the molecule is COc1cc([C@@H]2c3cc4c(cc3[C@H](OC(C)=O)[C@H]3COC(=O)[C@H]23)OCO4)cc2nc3ccc(C)cc3nc12. The number of hydrogen-bond donors (Lipinski definition) is 0. The molecule has 2 aliphatic heterocycles. The third-order valence-electron chi connectivity index (χ3n) is 7.67. The smallest absolute Gasteiger partial charge is 0.310 e. The van der Waals surface area contributed by atoms with Gasteiger partial charge in [0.15, 0.2) is 11.5 Å². The van der Waals surface area contributed by atoms with Crippen molar-refractivity contribution in [3.63, 3.8) is 0 Å². The van der Waals surface area contributed by atoms with E-state index in [1.54, 1.807) is 7.11 Å². The molecule has 3 aromatic carbocycles. The first kappa shape index (κ1) is 22.8. The Balaban J connectivity index is 1.48. The highest BCUT2D eigenvalue weighted by atomic mass is 16.7. The molecular formula is C29H24N2O7. The van der Waals surface area contributed by atoms with Crippen LogP contribution in [0, 0.1) is 18.8 Å². The summed E-state index contributed by atoms with van der Waals surface area (Å²) in [5, 5.41) is 0. The van der Waals surface area contributed by atoms with Crippen molar-refractivity contribution in [1.82, 2.24) is 9.97 Å². The number of fused-ring (bicyclic) bond motifs is 5. The summed E-state index contributed by atoms with van der Waals surface area (Å²) in [7, 11) is 1.59. The molecule has 192 valence electrons. The van der Waals surface area contributed by atoms with Gasteiger partial charge in [-0.1, -0.05) is 6.07 Å². The molecular weight excluding hydrogens is 488 g/mol. The third kappa shape index (κ3) is 3.38. The first-order valence-corrected chi connectivity index (χ1v) is 12.4. The topological polar surface area (TPSA) is 106 Å². The number of carbonyl (C=O) groups excluding carboxylic acids is 2. The lowest BCUT2D eigenvalue weighted by Crippen LogP contribution is -2.36. The lowest BCUT2D eigenvalue weighted by atomic mass is 9.66. The molecule has 0 amide bonds. The van der Waals surface area contributed by atoms with Crippen molar-refractivity contribution >= 4 is 34.0 Å². The molecule has 38 heavy (non-hydrogen) atoms. The van der Waals surface area contributed by atoms with Crippen molar-refractivity contribution in [2.24, 2.45) is 11.8 Å². The molecule has 0 bridgehead atoms. The van der Waals surface area contributed by atoms with Crippen LogP contribution in [-0.4, -0.2) is 42.4 Å². The van der Waals surface area contributed by atoms with Gasteiger partial charge in [0.05, 0.1) is 36.2 Å². The van der Waals surface area contributed by atoms with Gasteiger partial charge in [-0.25, -0.2) is 9.97 Å². The molecule has 9 nitrogen and oxygen atoms in total. The lowest BCUT2D eigenvalue weighted by Gasteiger charge is -2.38. The van der Waals surface area contributed by atoms with Crippen molar-refractivity contribution in [3.8, 4) is 17.2 Å². The average Bonchev–Trinajstić information content (AvgIpc) is 3.52. The fourth-order valence-electron chi connectivity index (χ4n) is 6.06. The van der Waals surface area contributed by atoms with Gasteiger partial charge in [-0.3, -0.25) is 9.59 Å². The first-order valence-electron chi connectivity index (χ1n) is 12.4. The number of carbonyl (C=O) groups is 2. The monoisotopic (exact) mass is 512 g/mol. The Morgan fingerprint density at radius 1 is 0.947 bits per heavy atom. The van der Waals surface area contributed by atoms with E-state index in [0.29, 0.717) is 28.3 Å². The molecule has 3 aliphatic rings. The summed E-state index contributed by atoms with van der Waals surface area (Å²) in [6, 6.07) is 13.5. The highest BCUT2D eigenvalue weighted by Gasteiger charge is 2.54. The van der Waals surface area contributed by atoms with Crippen LogP contribution in [0.25, 0.3) is 22.1 Å². The molecule has 1 saturated heterocycles. The average molecular weight is 513 g/mol. The quantitative estimate of drug-likeness (QED) is 0.292. The lowest BCUT2D eigenvalue weighted by molar-refractivity contribution is -0.152. The Morgan fingerprint density at radius 3 is 2.50 bits per heavy atom. The number of aryl methyl sites for hydroxylation is 1. The predicted molar refractivity (Wildman–Crippen MR) is 135 cm³/mol. The summed E-state index contributed by atoms with van der Waals surface area (Å²) in [6.07, 6.45) is -0.654. The zero-order chi connectivity index (χ0) is 26.1. The maximum Gasteiger partial charge on any atom is 0.310 e. The highest BCUT2D eigenvalue weighted by molar-refractivity contribution is 5.91. The third-order valence-corrected chi connectivity index (χ3v) is 7.67. The molecule has 1 aromatic heterocycles. The first-order chi connectivity index (χ1) is 18.4. The second kappa shape index (κ2) is 8.31. The van der Waals surface area contributed by atoms with Crippen LogP contribution in [0.1, 0.15) is 41.2 Å². The summed E-state index contributed by atoms with van der Waals surface area (Å²) in [5.74, 6) is -0.413. The van der Waals surface area contributed by atoms with Gasteiger partial charge in [0.1, 0.15) is 17.4 Å². The van der Waals surface area contributed by atoms with Crippen molar-refractivity contribution < 1.29 is 33.3 Å². The van der Waals surface area contributed by atoms with E-state index in [1.807, 2.05) is 49.4 Å². The van der Waals surface area contributed by atoms with Crippen molar-refractivity contribution in [3.05, 3.63) is 64.7 Å². The number of nitrogens with zero attached hydrogens (tertiary/aromatic N) is 2. The van der Waals surface area contributed by atoms with E-state index in [1.165, 1.54) is 6.92 Å². The van der Waals surface area contributed by atoms with Crippen LogP contribution in [-0.2, 0) is 19.1 Å². The molecule has 0 unspecified atom stereocenters. The number of esters is 2. The molecule has 0 saturated carbocycles. The predicted octanol–water partition coefficient (Wildman–Crippen LogP) is 4.37. The standard InChI is InChI=1S/C29H24N2O7/c1-13-4-5-19-20(6-13)31-27-21(30-19)7-15(8-24(27)34-3)25-16-9-22-23(37-12-36-22)10-17(16)28(38-14(2)32)18-11-35-29(33)26(18)25/h4-10,18,25-26,28H,11-12H2,1-3H3/t18-,25+,26-,28-/m0/s1. The number of hydrogen-bond acceptors (Lipinski definition) is 9. The summed E-state index contributed by atoms with van der Waals surface area (Å²) < 4.78 is 28.4. The second-order valence-electron chi connectivity index (χ2n) is 9.97. The van der Waals surface area contributed by atoms with Crippen molar-refractivity contribution in [2.45, 2.75) is 25.9 Å². The van der Waals surface area contributed by atoms with Crippen LogP contribution in [0.2, 0.25) is 0 Å². The molecule has 1 aliphatic carbocycles. The normalized spacial score (nSPS) is 23.2. The maximum atomic E-state index is 13.2. The van der Waals surface area contributed by atoms with Crippen LogP contribution in [0.5, 0.6) is 17.2 Å². The minimum absolute atomic E-state index is 0.0992. The van der Waals surface area contributed by atoms with E-state index in [0.717, 1.165) is 33.3 Å². The van der Waals surface area contributed by atoms with Crippen LogP contribution in [0.15, 0.2) is 42.5 Å². The number of methoxy groups -OCH3 is 1. The van der Waals surface area contributed by atoms with E-state index < -0.39 is 23.9 Å². The molecule has 0 spiro atoms. The van der Waals surface area contributed by atoms with Gasteiger partial charge < -0.3 is 23.7 Å². The van der Waals surface area contributed by atoms with Gasteiger partial charge >= 0.3 is 11.9 Å². The molecule has 7 rings (SSSR count). The number of cyclic esters (lactones) is 1. The van der Waals surface area contributed by atoms with Gasteiger partial charge in [-0.15, -0.1) is 0 Å². The van der Waals surface area contributed by atoms with Crippen LogP contribution < -0.4 is 14.2 Å². The summed E-state index contributed by atoms with van der Waals surface area (Å²) in [6.45, 7) is 3.63. The van der Waals surface area contributed by atoms with Gasteiger partial charge in [-0.05, 0) is 60.0 Å². The van der Waals surface area contributed by atoms with Crippen LogP contribution >= 0.6 is 0 Å². The molecule has 9 heteroatoms. The second-order valence-corrected chi connectivity index (χ2v) is 9.97. The van der Waals surface area contributed by atoms with Crippen LogP contribution in [0.4, 0.5) is 0 Å². The highest BCUT2D eigenvalue weighted by Crippen LogP contribution is 2.55. The van der Waals surface area contributed by atoms with E-state index in [4.69, 9.17) is 33.7 Å². The molecule has 1 fully saturated rings. The van der Waals surface area contributed by atoms with Crippen LogP contribution in [0.3, 0.4) is 0 Å². The molecule has 4 atom stereocenters. The Bertz CT molecular complexity index is 1670. The van der Waals surface area contributed by atoms with Crippen molar-refractivity contribution in [1.29, 1.82) is 0 Å². The number of ether oxygens (including phenoxy) is 5. The van der Waals surface area contributed by atoms with Gasteiger partial charge in [-0.2, -0.15) is 0 Å². The summed E-state index contributed by atoms with van der Waals surface area (Å²) in [5.41, 5.74) is 6.34. The number of aromatic nitrogens is 2. The van der Waals surface area contributed by atoms with E-state index >= 15 is 0 Å². The Morgan fingerprint density at radius 2 is 1.74 bits per heavy atom. The van der Waals surface area contributed by atoms with E-state index in [2.05, 4.69) is 0 Å². The maximum absolute atomic E-state index is 13.2. The zero-order valence-corrected chi connectivity index (χ0v) is 21.0. The van der Waals surface area contributed by atoms with Gasteiger partial charge in [0, 0.05) is 24.3 Å². The Hall–Kier alpha value is -4.40. The van der Waals surface area contributed by atoms with Crippen molar-refractivity contribution in [2.75, 3.05) is 20.5 Å². The number of rotatable bonds is 3. The number of benzene rings is 3. The minimum Gasteiger partial charge on any atom is -0.494 e. The molecule has 3 heterocycles. The van der Waals surface area contributed by atoms with E-state index in [-0.39, 0.29) is 25.3 Å². The largest absolute Gasteiger partial charge is 0.494 e. The Labute approximate surface area is 217 Å². The molecule has 4 aromatic rings. The molecule has 0 radical (unpaired) electrons. The van der Waals surface area contributed by atoms with Gasteiger partial charge in [0.2, 0.25) is 6.79 Å². The fourth-order valence-corrected chi connectivity index (χ4v) is 6.06.